The van der Waals surface area contributed by atoms with Crippen molar-refractivity contribution in [3.63, 3.8) is 0 Å². The van der Waals surface area contributed by atoms with Crippen molar-refractivity contribution in [1.29, 1.82) is 0 Å². The van der Waals surface area contributed by atoms with E-state index in [9.17, 15) is 5.11 Å². The van der Waals surface area contributed by atoms with Gasteiger partial charge in [-0.15, -0.1) is 0 Å². The number of furan rings is 1. The van der Waals surface area contributed by atoms with Gasteiger partial charge in [-0.25, -0.2) is 4.68 Å². The van der Waals surface area contributed by atoms with E-state index in [-0.39, 0.29) is 6.61 Å². The summed E-state index contributed by atoms with van der Waals surface area (Å²) in [5.41, 5.74) is 3.88. The average Bonchev–Trinajstić information content (AvgIpc) is 3.45. The summed E-state index contributed by atoms with van der Waals surface area (Å²) in [4.78, 5) is 2.11. The van der Waals surface area contributed by atoms with Gasteiger partial charge in [0.25, 0.3) is 0 Å². The minimum absolute atomic E-state index is 0.254. The van der Waals surface area contributed by atoms with Gasteiger partial charge >= 0.3 is 0 Å². The number of methoxy groups -OCH3 is 1. The van der Waals surface area contributed by atoms with E-state index in [1.165, 1.54) is 0 Å². The number of aliphatic hydroxyl groups excluding tert-OH is 1. The van der Waals surface area contributed by atoms with Crippen molar-refractivity contribution in [3.8, 4) is 17.3 Å². The number of hydrogen-bond donors (Lipinski definition) is 1. The molecule has 1 unspecified atom stereocenters. The van der Waals surface area contributed by atoms with Gasteiger partial charge in [-0.2, -0.15) is 5.10 Å². The van der Waals surface area contributed by atoms with Crippen LogP contribution in [-0.4, -0.2) is 46.2 Å². The summed E-state index contributed by atoms with van der Waals surface area (Å²) in [6.07, 6.45) is 1.02. The third-order valence-electron chi connectivity index (χ3n) is 5.54. The molecule has 0 saturated heterocycles. The molecule has 1 N–H and O–H groups in total. The Morgan fingerprint density at radius 2 is 1.76 bits per heavy atom. The first-order chi connectivity index (χ1) is 16.5. The molecule has 0 spiro atoms. The zero-order valence-corrected chi connectivity index (χ0v) is 19.8. The number of nitrogens with zero attached hydrogens (tertiary/aromatic N) is 3. The molecule has 0 aliphatic carbocycles. The van der Waals surface area contributed by atoms with Gasteiger partial charge in [0.1, 0.15) is 11.5 Å². The second-order valence-electron chi connectivity index (χ2n) is 8.39. The molecule has 7 nitrogen and oxygen atoms in total. The van der Waals surface area contributed by atoms with Crippen LogP contribution in [0.2, 0.25) is 0 Å². The van der Waals surface area contributed by atoms with E-state index in [1.807, 2.05) is 85.3 Å². The van der Waals surface area contributed by atoms with Gasteiger partial charge in [0.2, 0.25) is 5.88 Å². The van der Waals surface area contributed by atoms with Gasteiger partial charge in [0, 0.05) is 20.2 Å². The molecular formula is C27H31N3O4. The number of benzene rings is 2. The van der Waals surface area contributed by atoms with Crippen molar-refractivity contribution < 1.29 is 19.0 Å². The Kier molecular flexibility index (Phi) is 7.80. The van der Waals surface area contributed by atoms with E-state index >= 15 is 0 Å². The Hall–Kier alpha value is -3.39. The van der Waals surface area contributed by atoms with Crippen molar-refractivity contribution in [3.05, 3.63) is 95.6 Å². The van der Waals surface area contributed by atoms with Gasteiger partial charge < -0.3 is 19.0 Å². The molecule has 2 aromatic heterocycles. The number of hydrogen-bond acceptors (Lipinski definition) is 6. The second kappa shape index (κ2) is 11.2. The van der Waals surface area contributed by atoms with E-state index in [0.29, 0.717) is 25.5 Å². The predicted octanol–water partition coefficient (Wildman–Crippen LogP) is 4.88. The highest BCUT2D eigenvalue weighted by Gasteiger charge is 2.23. The zero-order valence-electron chi connectivity index (χ0n) is 19.8. The van der Waals surface area contributed by atoms with Gasteiger partial charge in [0.05, 0.1) is 42.5 Å². The van der Waals surface area contributed by atoms with Gasteiger partial charge in [0.15, 0.2) is 0 Å². The van der Waals surface area contributed by atoms with Crippen molar-refractivity contribution in [2.24, 2.45) is 0 Å². The first-order valence-electron chi connectivity index (χ1n) is 11.3. The molecule has 0 aliphatic heterocycles. The Morgan fingerprint density at radius 1 is 1.00 bits per heavy atom. The first-order valence-corrected chi connectivity index (χ1v) is 11.3. The molecule has 0 amide bonds. The maximum atomic E-state index is 10.5. The lowest BCUT2D eigenvalue weighted by molar-refractivity contribution is 0.0321. The van der Waals surface area contributed by atoms with E-state index in [2.05, 4.69) is 4.90 Å². The highest BCUT2D eigenvalue weighted by molar-refractivity contribution is 5.43. The molecular weight excluding hydrogens is 430 g/mol. The van der Waals surface area contributed by atoms with Crippen molar-refractivity contribution in [2.45, 2.75) is 33.0 Å². The fourth-order valence-electron chi connectivity index (χ4n) is 3.86. The lowest BCUT2D eigenvalue weighted by Gasteiger charge is -2.24. The van der Waals surface area contributed by atoms with Gasteiger partial charge in [-0.1, -0.05) is 35.9 Å². The molecule has 4 aromatic rings. The minimum atomic E-state index is -0.633. The zero-order chi connectivity index (χ0) is 23.9. The van der Waals surface area contributed by atoms with Crippen LogP contribution >= 0.6 is 0 Å². The average molecular weight is 462 g/mol. The minimum Gasteiger partial charge on any atom is -0.468 e. The molecule has 0 saturated carbocycles. The molecule has 7 heteroatoms. The summed E-state index contributed by atoms with van der Waals surface area (Å²) in [5.74, 6) is 2.21. The van der Waals surface area contributed by atoms with Crippen LogP contribution in [0.5, 0.6) is 11.6 Å². The smallest absolute Gasteiger partial charge is 0.227 e. The van der Waals surface area contributed by atoms with Crippen molar-refractivity contribution in [1.82, 2.24) is 14.7 Å². The highest BCUT2D eigenvalue weighted by Crippen LogP contribution is 2.32. The number of rotatable bonds is 11. The molecule has 0 fully saturated rings. The third kappa shape index (κ3) is 5.94. The highest BCUT2D eigenvalue weighted by atomic mass is 16.5. The molecule has 178 valence electrons. The van der Waals surface area contributed by atoms with Crippen LogP contribution in [0.4, 0.5) is 0 Å². The number of para-hydroxylation sites is 1. The standard InChI is InChI=1S/C27H31N3O4/c1-20-11-13-24(14-12-20)34-27-26(21(2)28-30(27)22-8-5-4-6-9-22)18-29(16-23(31)19-32-3)17-25-10-7-15-33-25/h4-15,23,31H,16-19H2,1-3H3. The Morgan fingerprint density at radius 3 is 2.44 bits per heavy atom. The van der Waals surface area contributed by atoms with Crippen molar-refractivity contribution >= 4 is 0 Å². The fraction of sp³-hybridized carbons (Fsp3) is 0.296. The predicted molar refractivity (Wildman–Crippen MR) is 130 cm³/mol. The quantitative estimate of drug-likeness (QED) is 0.343. The maximum absolute atomic E-state index is 10.5. The van der Waals surface area contributed by atoms with E-state index in [4.69, 9.17) is 19.0 Å². The molecule has 4 rings (SSSR count). The van der Waals surface area contributed by atoms with Gasteiger partial charge in [-0.05, 0) is 50.2 Å². The van der Waals surface area contributed by atoms with Crippen LogP contribution in [0.25, 0.3) is 5.69 Å². The Balaban J connectivity index is 1.70. The third-order valence-corrected chi connectivity index (χ3v) is 5.54. The van der Waals surface area contributed by atoms with Crippen LogP contribution in [0.3, 0.4) is 0 Å². The summed E-state index contributed by atoms with van der Waals surface area (Å²) in [5, 5.41) is 15.3. The topological polar surface area (TPSA) is 72.9 Å². The second-order valence-corrected chi connectivity index (χ2v) is 8.39. The molecule has 2 heterocycles. The summed E-state index contributed by atoms with van der Waals surface area (Å²) in [6.45, 7) is 5.74. The van der Waals surface area contributed by atoms with Crippen molar-refractivity contribution in [2.75, 3.05) is 20.3 Å². The number of ether oxygens (including phenoxy) is 2. The monoisotopic (exact) mass is 461 g/mol. The van der Waals surface area contributed by atoms with Crippen LogP contribution in [0.1, 0.15) is 22.6 Å². The van der Waals surface area contributed by atoms with Gasteiger partial charge in [-0.3, -0.25) is 4.90 Å². The van der Waals surface area contributed by atoms with E-state index in [0.717, 1.165) is 34.0 Å². The fourth-order valence-corrected chi connectivity index (χ4v) is 3.86. The lowest BCUT2D eigenvalue weighted by Crippen LogP contribution is -2.34. The molecule has 1 atom stereocenters. The summed E-state index contributed by atoms with van der Waals surface area (Å²) >= 11 is 0. The molecule has 2 aromatic carbocycles. The van der Waals surface area contributed by atoms with Crippen LogP contribution in [0.15, 0.2) is 77.4 Å². The van der Waals surface area contributed by atoms with E-state index in [1.54, 1.807) is 13.4 Å². The summed E-state index contributed by atoms with van der Waals surface area (Å²) < 4.78 is 19.0. The molecule has 0 aliphatic rings. The first kappa shape index (κ1) is 23.8. The number of aromatic nitrogens is 2. The molecule has 0 radical (unpaired) electrons. The Labute approximate surface area is 200 Å². The SMILES string of the molecule is COCC(O)CN(Cc1ccco1)Cc1c(C)nn(-c2ccccc2)c1Oc1ccc(C)cc1. The normalized spacial score (nSPS) is 12.3. The lowest BCUT2D eigenvalue weighted by atomic mass is 10.2. The summed E-state index contributed by atoms with van der Waals surface area (Å²) in [7, 11) is 1.58. The summed E-state index contributed by atoms with van der Waals surface area (Å²) in [6, 6.07) is 21.7. The number of aliphatic hydroxyl groups is 1. The molecule has 0 bridgehead atoms. The van der Waals surface area contributed by atoms with Crippen LogP contribution < -0.4 is 4.74 Å². The van der Waals surface area contributed by atoms with Crippen LogP contribution in [-0.2, 0) is 17.8 Å². The van der Waals surface area contributed by atoms with E-state index < -0.39 is 6.10 Å². The molecule has 34 heavy (non-hydrogen) atoms. The maximum Gasteiger partial charge on any atom is 0.227 e. The number of aryl methyl sites for hydroxylation is 2. The van der Waals surface area contributed by atoms with Crippen LogP contribution in [0, 0.1) is 13.8 Å². The largest absolute Gasteiger partial charge is 0.468 e. The Bertz CT molecular complexity index is 1150.